The molecule has 2 amide bonds. The van der Waals surface area contributed by atoms with Crippen LogP contribution in [0.2, 0.25) is 0 Å². The van der Waals surface area contributed by atoms with E-state index in [4.69, 9.17) is 4.74 Å². The Bertz CT molecular complexity index is 428. The van der Waals surface area contributed by atoms with Crippen LogP contribution in [0.3, 0.4) is 0 Å². The summed E-state index contributed by atoms with van der Waals surface area (Å²) in [6, 6.07) is 4.03. The topological polar surface area (TPSA) is 53.6 Å². The van der Waals surface area contributed by atoms with Crippen LogP contribution in [0.1, 0.15) is 18.7 Å². The zero-order chi connectivity index (χ0) is 15.1. The number of urea groups is 1. The van der Waals surface area contributed by atoms with Crippen LogP contribution in [0.15, 0.2) is 17.5 Å². The lowest BCUT2D eigenvalue weighted by Crippen LogP contribution is -2.56. The van der Waals surface area contributed by atoms with Gasteiger partial charge in [-0.2, -0.15) is 0 Å². The Morgan fingerprint density at radius 3 is 2.81 bits per heavy atom. The largest absolute Gasteiger partial charge is 0.379 e. The van der Waals surface area contributed by atoms with Gasteiger partial charge in [-0.15, -0.1) is 11.3 Å². The molecule has 2 rings (SSSR count). The molecule has 0 unspecified atom stereocenters. The summed E-state index contributed by atoms with van der Waals surface area (Å²) in [5.41, 5.74) is -0.0468. The number of hydrogen-bond donors (Lipinski definition) is 2. The van der Waals surface area contributed by atoms with Gasteiger partial charge in [0, 0.05) is 36.6 Å². The number of rotatable bonds is 6. The molecule has 1 saturated heterocycles. The first-order chi connectivity index (χ1) is 10.1. The highest BCUT2D eigenvalue weighted by Gasteiger charge is 2.28. The Morgan fingerprint density at radius 2 is 2.14 bits per heavy atom. The first-order valence-corrected chi connectivity index (χ1v) is 8.33. The molecule has 1 fully saturated rings. The molecule has 2 heterocycles. The predicted octanol–water partition coefficient (Wildman–Crippen LogP) is 1.70. The van der Waals surface area contributed by atoms with E-state index >= 15 is 0 Å². The molecule has 1 aromatic heterocycles. The third-order valence-electron chi connectivity index (χ3n) is 3.79. The second kappa shape index (κ2) is 7.77. The zero-order valence-corrected chi connectivity index (χ0v) is 13.7. The summed E-state index contributed by atoms with van der Waals surface area (Å²) in [6.45, 7) is 9.02. The summed E-state index contributed by atoms with van der Waals surface area (Å²) in [7, 11) is 0. The zero-order valence-electron chi connectivity index (χ0n) is 12.9. The fraction of sp³-hybridized carbons (Fsp3) is 0.667. The molecule has 5 nitrogen and oxygen atoms in total. The first kappa shape index (κ1) is 16.3. The average molecular weight is 311 g/mol. The fourth-order valence-electron chi connectivity index (χ4n) is 2.39. The third-order valence-corrected chi connectivity index (χ3v) is 4.72. The monoisotopic (exact) mass is 311 g/mol. The summed E-state index contributed by atoms with van der Waals surface area (Å²) in [6.07, 6.45) is 0.887. The van der Waals surface area contributed by atoms with Gasteiger partial charge >= 0.3 is 6.03 Å². The van der Waals surface area contributed by atoms with Crippen LogP contribution < -0.4 is 10.6 Å². The number of ether oxygens (including phenoxy) is 1. The highest BCUT2D eigenvalue weighted by Crippen LogP contribution is 2.15. The highest BCUT2D eigenvalue weighted by atomic mass is 32.1. The van der Waals surface area contributed by atoms with Gasteiger partial charge in [0.25, 0.3) is 0 Å². The SMILES string of the molecule is CC(C)(CNC(=O)NCCc1cccs1)N1CCOCC1. The molecule has 0 atom stereocenters. The molecule has 2 N–H and O–H groups in total. The lowest BCUT2D eigenvalue weighted by Gasteiger charge is -2.40. The normalized spacial score (nSPS) is 16.7. The molecule has 0 bridgehead atoms. The Labute approximate surface area is 130 Å². The van der Waals surface area contributed by atoms with Crippen molar-refractivity contribution in [1.29, 1.82) is 0 Å². The van der Waals surface area contributed by atoms with Gasteiger partial charge in [0.05, 0.1) is 13.2 Å². The van der Waals surface area contributed by atoms with Crippen molar-refractivity contribution in [3.8, 4) is 0 Å². The first-order valence-electron chi connectivity index (χ1n) is 7.45. The summed E-state index contributed by atoms with van der Waals surface area (Å²) in [5, 5.41) is 7.94. The maximum absolute atomic E-state index is 11.8. The number of nitrogens with one attached hydrogen (secondary N) is 2. The minimum absolute atomic E-state index is 0.0468. The molecular weight excluding hydrogens is 286 g/mol. The lowest BCUT2D eigenvalue weighted by molar-refractivity contribution is -0.00874. The minimum Gasteiger partial charge on any atom is -0.379 e. The van der Waals surface area contributed by atoms with Gasteiger partial charge in [-0.3, -0.25) is 4.90 Å². The van der Waals surface area contributed by atoms with Crippen molar-refractivity contribution in [3.63, 3.8) is 0 Å². The van der Waals surface area contributed by atoms with Gasteiger partial charge in [-0.1, -0.05) is 6.07 Å². The van der Waals surface area contributed by atoms with Gasteiger partial charge < -0.3 is 15.4 Å². The molecule has 1 aliphatic heterocycles. The third kappa shape index (κ3) is 5.30. The maximum Gasteiger partial charge on any atom is 0.314 e. The van der Waals surface area contributed by atoms with Gasteiger partial charge in [-0.05, 0) is 31.7 Å². The van der Waals surface area contributed by atoms with Crippen LogP contribution in [0.25, 0.3) is 0 Å². The molecule has 0 radical (unpaired) electrons. The quantitative estimate of drug-likeness (QED) is 0.841. The van der Waals surface area contributed by atoms with Gasteiger partial charge in [-0.25, -0.2) is 4.79 Å². The van der Waals surface area contributed by atoms with E-state index in [0.29, 0.717) is 13.1 Å². The Hall–Kier alpha value is -1.11. The van der Waals surface area contributed by atoms with Gasteiger partial charge in [0.15, 0.2) is 0 Å². The van der Waals surface area contributed by atoms with Crippen LogP contribution in [-0.4, -0.2) is 55.9 Å². The minimum atomic E-state index is -0.0899. The van der Waals surface area contributed by atoms with Gasteiger partial charge in [0.2, 0.25) is 0 Å². The molecule has 0 aliphatic carbocycles. The van der Waals surface area contributed by atoms with E-state index in [2.05, 4.69) is 40.8 Å². The second-order valence-corrected chi connectivity index (χ2v) is 6.88. The molecule has 0 spiro atoms. The van der Waals surface area contributed by atoms with Crippen molar-refractivity contribution in [2.24, 2.45) is 0 Å². The molecule has 1 aliphatic rings. The van der Waals surface area contributed by atoms with E-state index in [-0.39, 0.29) is 11.6 Å². The number of carbonyl (C=O) groups is 1. The standard InChI is InChI=1S/C15H25N3O2S/c1-15(2,18-7-9-20-10-8-18)12-17-14(19)16-6-5-13-4-3-11-21-13/h3-4,11H,5-10,12H2,1-2H3,(H2,16,17,19). The molecule has 1 aromatic rings. The van der Waals surface area contributed by atoms with E-state index in [9.17, 15) is 4.79 Å². The van der Waals surface area contributed by atoms with Crippen molar-refractivity contribution < 1.29 is 9.53 Å². The number of carbonyl (C=O) groups excluding carboxylic acids is 1. The fourth-order valence-corrected chi connectivity index (χ4v) is 3.10. The van der Waals surface area contributed by atoms with E-state index in [1.807, 2.05) is 6.07 Å². The van der Waals surface area contributed by atoms with Crippen molar-refractivity contribution in [1.82, 2.24) is 15.5 Å². The van der Waals surface area contributed by atoms with Crippen LogP contribution in [0, 0.1) is 0 Å². The van der Waals surface area contributed by atoms with Crippen molar-refractivity contribution in [2.75, 3.05) is 39.4 Å². The summed E-state index contributed by atoms with van der Waals surface area (Å²) < 4.78 is 5.37. The van der Waals surface area contributed by atoms with Gasteiger partial charge in [0.1, 0.15) is 0 Å². The summed E-state index contributed by atoms with van der Waals surface area (Å²) in [5.74, 6) is 0. The van der Waals surface area contributed by atoms with Crippen LogP contribution >= 0.6 is 11.3 Å². The highest BCUT2D eigenvalue weighted by molar-refractivity contribution is 7.09. The predicted molar refractivity (Wildman–Crippen MR) is 85.9 cm³/mol. The number of thiophene rings is 1. The van der Waals surface area contributed by atoms with E-state index < -0.39 is 0 Å². The average Bonchev–Trinajstić information content (AvgIpc) is 2.99. The molecule has 21 heavy (non-hydrogen) atoms. The molecule has 6 heteroatoms. The summed E-state index contributed by atoms with van der Waals surface area (Å²) in [4.78, 5) is 15.5. The lowest BCUT2D eigenvalue weighted by atomic mass is 10.0. The van der Waals surface area contributed by atoms with Crippen LogP contribution in [0.4, 0.5) is 4.79 Å². The smallest absolute Gasteiger partial charge is 0.314 e. The number of morpholine rings is 1. The molecule has 0 aromatic carbocycles. The Morgan fingerprint density at radius 1 is 1.38 bits per heavy atom. The molecular formula is C15H25N3O2S. The van der Waals surface area contributed by atoms with Crippen molar-refractivity contribution in [2.45, 2.75) is 25.8 Å². The number of nitrogens with zero attached hydrogens (tertiary/aromatic N) is 1. The number of hydrogen-bond acceptors (Lipinski definition) is 4. The summed E-state index contributed by atoms with van der Waals surface area (Å²) >= 11 is 1.72. The second-order valence-electron chi connectivity index (χ2n) is 5.85. The van der Waals surface area contributed by atoms with E-state index in [1.165, 1.54) is 4.88 Å². The van der Waals surface area contributed by atoms with Crippen molar-refractivity contribution in [3.05, 3.63) is 22.4 Å². The molecule has 118 valence electrons. The molecule has 0 saturated carbocycles. The number of amides is 2. The van der Waals surface area contributed by atoms with Crippen LogP contribution in [0.5, 0.6) is 0 Å². The van der Waals surface area contributed by atoms with E-state index in [1.54, 1.807) is 11.3 Å². The Balaban J connectivity index is 1.65. The van der Waals surface area contributed by atoms with Crippen molar-refractivity contribution >= 4 is 17.4 Å². The van der Waals surface area contributed by atoms with Crippen LogP contribution in [-0.2, 0) is 11.2 Å². The Kier molecular flexibility index (Phi) is 6.02. The maximum atomic E-state index is 11.8. The van der Waals surface area contributed by atoms with E-state index in [0.717, 1.165) is 32.7 Å².